The SMILES string of the molecule is CCOC(=O)CCCCCCNC1CCCC1. The molecule has 0 aliphatic heterocycles. The number of carbonyl (C=O) groups is 1. The minimum absolute atomic E-state index is 0.0448. The van der Waals surface area contributed by atoms with E-state index in [0.29, 0.717) is 13.0 Å². The van der Waals surface area contributed by atoms with Gasteiger partial charge in [0.05, 0.1) is 6.61 Å². The van der Waals surface area contributed by atoms with Gasteiger partial charge in [-0.15, -0.1) is 0 Å². The number of esters is 1. The maximum absolute atomic E-state index is 11.1. The minimum atomic E-state index is -0.0448. The van der Waals surface area contributed by atoms with Crippen LogP contribution >= 0.6 is 0 Å². The monoisotopic (exact) mass is 241 g/mol. The molecule has 0 atom stereocenters. The van der Waals surface area contributed by atoms with Gasteiger partial charge in [-0.05, 0) is 39.2 Å². The Morgan fingerprint density at radius 1 is 1.18 bits per heavy atom. The lowest BCUT2D eigenvalue weighted by Crippen LogP contribution is -2.26. The van der Waals surface area contributed by atoms with Crippen LogP contribution in [0.3, 0.4) is 0 Å². The first kappa shape index (κ1) is 14.5. The molecule has 1 fully saturated rings. The van der Waals surface area contributed by atoms with Crippen LogP contribution in [0.25, 0.3) is 0 Å². The summed E-state index contributed by atoms with van der Waals surface area (Å²) in [6, 6.07) is 0.787. The standard InChI is InChI=1S/C14H27NO2/c1-2-17-14(16)11-5-3-4-8-12-15-13-9-6-7-10-13/h13,15H,2-12H2,1H3. The van der Waals surface area contributed by atoms with Crippen molar-refractivity contribution in [3.05, 3.63) is 0 Å². The predicted octanol–water partition coefficient (Wildman–Crippen LogP) is 3.03. The van der Waals surface area contributed by atoms with Gasteiger partial charge in [0.1, 0.15) is 0 Å². The van der Waals surface area contributed by atoms with Gasteiger partial charge in [0.15, 0.2) is 0 Å². The van der Waals surface area contributed by atoms with Crippen LogP contribution in [0.2, 0.25) is 0 Å². The van der Waals surface area contributed by atoms with E-state index in [9.17, 15) is 4.79 Å². The largest absolute Gasteiger partial charge is 0.466 e. The Kier molecular flexibility index (Phi) is 8.06. The molecule has 0 unspecified atom stereocenters. The summed E-state index contributed by atoms with van der Waals surface area (Å²) in [7, 11) is 0. The lowest BCUT2D eigenvalue weighted by Gasteiger charge is -2.11. The van der Waals surface area contributed by atoms with Gasteiger partial charge in [-0.1, -0.05) is 25.7 Å². The zero-order chi connectivity index (χ0) is 12.3. The highest BCUT2D eigenvalue weighted by Crippen LogP contribution is 2.17. The normalized spacial score (nSPS) is 16.3. The van der Waals surface area contributed by atoms with Gasteiger partial charge >= 0.3 is 5.97 Å². The van der Waals surface area contributed by atoms with Crippen molar-refractivity contribution in [3.63, 3.8) is 0 Å². The Bertz CT molecular complexity index is 200. The number of nitrogens with one attached hydrogen (secondary N) is 1. The third kappa shape index (κ3) is 7.37. The average molecular weight is 241 g/mol. The van der Waals surface area contributed by atoms with Crippen LogP contribution in [-0.4, -0.2) is 25.2 Å². The van der Waals surface area contributed by atoms with Gasteiger partial charge in [0, 0.05) is 12.5 Å². The number of hydrogen-bond acceptors (Lipinski definition) is 3. The van der Waals surface area contributed by atoms with Crippen LogP contribution in [0, 0.1) is 0 Å². The summed E-state index contributed by atoms with van der Waals surface area (Å²) in [6.07, 6.45) is 10.7. The van der Waals surface area contributed by atoms with E-state index in [-0.39, 0.29) is 5.97 Å². The second-order valence-electron chi connectivity index (χ2n) is 4.90. The van der Waals surface area contributed by atoms with Crippen LogP contribution < -0.4 is 5.32 Å². The summed E-state index contributed by atoms with van der Waals surface area (Å²) in [4.78, 5) is 11.1. The smallest absolute Gasteiger partial charge is 0.305 e. The molecular formula is C14H27NO2. The molecule has 0 aromatic carbocycles. The summed E-state index contributed by atoms with van der Waals surface area (Å²) in [5.41, 5.74) is 0. The fourth-order valence-corrected chi connectivity index (χ4v) is 2.42. The van der Waals surface area contributed by atoms with E-state index in [1.165, 1.54) is 38.5 Å². The molecule has 1 saturated carbocycles. The zero-order valence-electron chi connectivity index (χ0n) is 11.2. The van der Waals surface area contributed by atoms with Crippen LogP contribution in [0.15, 0.2) is 0 Å². The maximum Gasteiger partial charge on any atom is 0.305 e. The molecule has 3 heteroatoms. The number of rotatable bonds is 9. The van der Waals surface area contributed by atoms with Crippen molar-refractivity contribution in [1.82, 2.24) is 5.32 Å². The van der Waals surface area contributed by atoms with Crippen molar-refractivity contribution >= 4 is 5.97 Å². The van der Waals surface area contributed by atoms with Crippen LogP contribution in [0.4, 0.5) is 0 Å². The van der Waals surface area contributed by atoms with Gasteiger partial charge in [0.25, 0.3) is 0 Å². The first-order valence-corrected chi connectivity index (χ1v) is 7.22. The quantitative estimate of drug-likeness (QED) is 0.498. The van der Waals surface area contributed by atoms with Gasteiger partial charge in [-0.3, -0.25) is 4.79 Å². The van der Waals surface area contributed by atoms with E-state index in [2.05, 4.69) is 5.32 Å². The Hall–Kier alpha value is -0.570. The van der Waals surface area contributed by atoms with Crippen molar-refractivity contribution in [3.8, 4) is 0 Å². The Morgan fingerprint density at radius 3 is 2.59 bits per heavy atom. The molecule has 0 heterocycles. The fraction of sp³-hybridized carbons (Fsp3) is 0.929. The summed E-state index contributed by atoms with van der Waals surface area (Å²) in [5, 5.41) is 3.61. The number of carbonyl (C=O) groups excluding carboxylic acids is 1. The molecule has 1 rings (SSSR count). The van der Waals surface area contributed by atoms with Crippen LogP contribution in [0.1, 0.15) is 64.7 Å². The van der Waals surface area contributed by atoms with Crippen molar-refractivity contribution in [2.45, 2.75) is 70.8 Å². The van der Waals surface area contributed by atoms with Crippen molar-refractivity contribution in [2.24, 2.45) is 0 Å². The molecule has 100 valence electrons. The third-order valence-electron chi connectivity index (χ3n) is 3.40. The molecule has 0 radical (unpaired) electrons. The summed E-state index contributed by atoms with van der Waals surface area (Å²) >= 11 is 0. The highest BCUT2D eigenvalue weighted by molar-refractivity contribution is 5.69. The Labute approximate surface area is 105 Å². The van der Waals surface area contributed by atoms with E-state index < -0.39 is 0 Å². The zero-order valence-corrected chi connectivity index (χ0v) is 11.2. The molecular weight excluding hydrogens is 214 g/mol. The predicted molar refractivity (Wildman–Crippen MR) is 70.0 cm³/mol. The molecule has 1 aliphatic rings. The summed E-state index contributed by atoms with van der Waals surface area (Å²) in [5.74, 6) is -0.0448. The molecule has 17 heavy (non-hydrogen) atoms. The van der Waals surface area contributed by atoms with E-state index in [1.807, 2.05) is 6.92 Å². The summed E-state index contributed by atoms with van der Waals surface area (Å²) in [6.45, 7) is 3.50. The molecule has 0 aromatic rings. The Morgan fingerprint density at radius 2 is 1.88 bits per heavy atom. The van der Waals surface area contributed by atoms with Crippen molar-refractivity contribution < 1.29 is 9.53 Å². The molecule has 0 amide bonds. The number of ether oxygens (including phenoxy) is 1. The first-order chi connectivity index (χ1) is 8.33. The van der Waals surface area contributed by atoms with Gasteiger partial charge in [-0.2, -0.15) is 0 Å². The highest BCUT2D eigenvalue weighted by Gasteiger charge is 2.12. The fourth-order valence-electron chi connectivity index (χ4n) is 2.42. The first-order valence-electron chi connectivity index (χ1n) is 7.22. The number of unbranched alkanes of at least 4 members (excludes halogenated alkanes) is 3. The van der Waals surface area contributed by atoms with Crippen LogP contribution in [0.5, 0.6) is 0 Å². The van der Waals surface area contributed by atoms with Gasteiger partial charge < -0.3 is 10.1 Å². The third-order valence-corrected chi connectivity index (χ3v) is 3.40. The van der Waals surface area contributed by atoms with Gasteiger partial charge in [0.2, 0.25) is 0 Å². The highest BCUT2D eigenvalue weighted by atomic mass is 16.5. The molecule has 0 saturated heterocycles. The average Bonchev–Trinajstić information content (AvgIpc) is 2.81. The second kappa shape index (κ2) is 9.46. The Balaban J connectivity index is 1.79. The van der Waals surface area contributed by atoms with E-state index in [4.69, 9.17) is 4.74 Å². The topological polar surface area (TPSA) is 38.3 Å². The van der Waals surface area contributed by atoms with Crippen molar-refractivity contribution in [1.29, 1.82) is 0 Å². The molecule has 0 aromatic heterocycles. The lowest BCUT2D eigenvalue weighted by molar-refractivity contribution is -0.143. The summed E-state index contributed by atoms with van der Waals surface area (Å²) < 4.78 is 4.89. The minimum Gasteiger partial charge on any atom is -0.466 e. The van der Waals surface area contributed by atoms with E-state index in [0.717, 1.165) is 25.4 Å². The van der Waals surface area contributed by atoms with E-state index in [1.54, 1.807) is 0 Å². The molecule has 3 nitrogen and oxygen atoms in total. The molecule has 1 aliphatic carbocycles. The lowest BCUT2D eigenvalue weighted by atomic mass is 10.1. The number of hydrogen-bond donors (Lipinski definition) is 1. The molecule has 0 bridgehead atoms. The van der Waals surface area contributed by atoms with Gasteiger partial charge in [-0.25, -0.2) is 0 Å². The second-order valence-corrected chi connectivity index (χ2v) is 4.90. The molecule has 0 spiro atoms. The maximum atomic E-state index is 11.1. The molecule has 1 N–H and O–H groups in total. The van der Waals surface area contributed by atoms with E-state index >= 15 is 0 Å². The van der Waals surface area contributed by atoms with Crippen LogP contribution in [-0.2, 0) is 9.53 Å². The van der Waals surface area contributed by atoms with Crippen molar-refractivity contribution in [2.75, 3.05) is 13.2 Å².